The second kappa shape index (κ2) is 18.4. The lowest BCUT2D eigenvalue weighted by atomic mass is 9.95. The van der Waals surface area contributed by atoms with Crippen LogP contribution in [0.2, 0.25) is 0 Å². The molecule has 14 aromatic rings. The van der Waals surface area contributed by atoms with E-state index in [1.165, 1.54) is 31.7 Å². The maximum Gasteiger partial charge on any atom is 0.160 e. The van der Waals surface area contributed by atoms with Crippen LogP contribution in [-0.2, 0) is 0 Å². The quantitative estimate of drug-likeness (QED) is 0.145. The van der Waals surface area contributed by atoms with E-state index in [0.717, 1.165) is 98.2 Å². The number of benzene rings is 10. The minimum Gasteiger partial charge on any atom is -0.226 e. The summed E-state index contributed by atoms with van der Waals surface area (Å²) in [6.45, 7) is 0. The molecule has 6 heteroatoms. The molecule has 0 radical (unpaired) electrons. The maximum absolute atomic E-state index is 5.35. The third-order valence-electron chi connectivity index (χ3n) is 13.9. The molecule has 14 rings (SSSR count). The smallest absolute Gasteiger partial charge is 0.160 e. The Morgan fingerprint density at radius 1 is 0.216 bits per heavy atom. The van der Waals surface area contributed by atoms with Gasteiger partial charge in [0.2, 0.25) is 0 Å². The maximum atomic E-state index is 5.35. The lowest BCUT2D eigenvalue weighted by Gasteiger charge is -2.11. The van der Waals surface area contributed by atoms with Gasteiger partial charge in [-0.3, -0.25) is 0 Å². The molecule has 0 saturated heterocycles. The second-order valence-corrected chi connectivity index (χ2v) is 20.7. The van der Waals surface area contributed by atoms with Crippen LogP contribution < -0.4 is 0 Å². The van der Waals surface area contributed by atoms with E-state index in [9.17, 15) is 0 Å². The summed E-state index contributed by atoms with van der Waals surface area (Å²) >= 11 is 3.51. The van der Waals surface area contributed by atoms with Crippen molar-refractivity contribution in [3.8, 4) is 101 Å². The van der Waals surface area contributed by atoms with Gasteiger partial charge in [-0.15, -0.1) is 22.7 Å². The van der Waals surface area contributed by atoms with E-state index < -0.39 is 0 Å². The summed E-state index contributed by atoms with van der Waals surface area (Å²) in [4.78, 5) is 21.3. The Morgan fingerprint density at radius 2 is 0.500 bits per heavy atom. The second-order valence-electron chi connectivity index (χ2n) is 18.6. The van der Waals surface area contributed by atoms with Crippen LogP contribution in [0, 0.1) is 0 Å². The Hall–Kier alpha value is -9.20. The minimum atomic E-state index is 0.707. The van der Waals surface area contributed by atoms with Gasteiger partial charge in [-0.05, 0) is 92.0 Å². The fraction of sp³-hybridized carbons (Fsp3) is 0. The molecule has 74 heavy (non-hydrogen) atoms. The highest BCUT2D eigenvalue weighted by Crippen LogP contribution is 2.42. The first kappa shape index (κ1) is 43.6. The molecule has 0 fully saturated rings. The third kappa shape index (κ3) is 8.03. The number of nitrogens with zero attached hydrogens (tertiary/aromatic N) is 4. The molecular formula is C68H42N4S2. The van der Waals surface area contributed by atoms with Crippen LogP contribution in [0.5, 0.6) is 0 Å². The number of hydrogen-bond donors (Lipinski definition) is 0. The van der Waals surface area contributed by atoms with Crippen LogP contribution in [-0.4, -0.2) is 19.9 Å². The molecule has 346 valence electrons. The molecule has 4 nitrogen and oxygen atoms in total. The van der Waals surface area contributed by atoms with Gasteiger partial charge < -0.3 is 0 Å². The highest BCUT2D eigenvalue weighted by Gasteiger charge is 2.19. The van der Waals surface area contributed by atoms with E-state index in [1.54, 1.807) is 22.7 Å². The Balaban J connectivity index is 0.792. The predicted molar refractivity (Wildman–Crippen MR) is 312 cm³/mol. The van der Waals surface area contributed by atoms with Gasteiger partial charge in [0.15, 0.2) is 11.6 Å². The molecule has 0 aliphatic heterocycles. The van der Waals surface area contributed by atoms with Crippen LogP contribution in [0.1, 0.15) is 0 Å². The van der Waals surface area contributed by atoms with Gasteiger partial charge in [0.05, 0.1) is 31.8 Å². The summed E-state index contributed by atoms with van der Waals surface area (Å²) in [6.07, 6.45) is 0. The van der Waals surface area contributed by atoms with Crippen molar-refractivity contribution >= 4 is 63.3 Å². The van der Waals surface area contributed by atoms with Crippen molar-refractivity contribution in [2.45, 2.75) is 0 Å². The normalized spacial score (nSPS) is 11.5. The molecule has 0 aliphatic carbocycles. The van der Waals surface area contributed by atoms with Crippen molar-refractivity contribution in [1.82, 2.24) is 19.9 Å². The van der Waals surface area contributed by atoms with E-state index in [2.05, 4.69) is 255 Å². The zero-order valence-corrected chi connectivity index (χ0v) is 41.5. The van der Waals surface area contributed by atoms with Gasteiger partial charge in [0, 0.05) is 42.4 Å². The first-order valence-electron chi connectivity index (χ1n) is 24.8. The van der Waals surface area contributed by atoms with E-state index in [0.29, 0.717) is 11.6 Å². The summed E-state index contributed by atoms with van der Waals surface area (Å²) < 4.78 is 4.59. The molecule has 0 spiro atoms. The third-order valence-corrected chi connectivity index (χ3v) is 16.3. The average Bonchev–Trinajstić information content (AvgIpc) is 4.06. The van der Waals surface area contributed by atoms with Crippen molar-refractivity contribution in [1.29, 1.82) is 0 Å². The summed E-state index contributed by atoms with van der Waals surface area (Å²) in [5, 5.41) is 2.29. The molecule has 10 aromatic carbocycles. The van der Waals surface area contributed by atoms with Gasteiger partial charge >= 0.3 is 0 Å². The van der Waals surface area contributed by atoms with E-state index >= 15 is 0 Å². The van der Waals surface area contributed by atoms with Crippen molar-refractivity contribution in [2.24, 2.45) is 0 Å². The van der Waals surface area contributed by atoms with Gasteiger partial charge in [0.1, 0.15) is 0 Å². The lowest BCUT2D eigenvalue weighted by molar-refractivity contribution is 1.24. The average molecular weight is 979 g/mol. The van der Waals surface area contributed by atoms with Crippen molar-refractivity contribution in [3.63, 3.8) is 0 Å². The summed E-state index contributed by atoms with van der Waals surface area (Å²) in [5.74, 6) is 1.41. The summed E-state index contributed by atoms with van der Waals surface area (Å²) in [7, 11) is 0. The summed E-state index contributed by atoms with van der Waals surface area (Å²) in [5.41, 5.74) is 19.4. The zero-order valence-electron chi connectivity index (χ0n) is 39.9. The fourth-order valence-electron chi connectivity index (χ4n) is 10.2. The van der Waals surface area contributed by atoms with Crippen molar-refractivity contribution in [2.75, 3.05) is 0 Å². The predicted octanol–water partition coefficient (Wildman–Crippen LogP) is 19.0. The molecule has 4 aromatic heterocycles. The van der Waals surface area contributed by atoms with Crippen molar-refractivity contribution < 1.29 is 0 Å². The van der Waals surface area contributed by atoms with Gasteiger partial charge in [-0.1, -0.05) is 218 Å². The highest BCUT2D eigenvalue weighted by molar-refractivity contribution is 7.26. The van der Waals surface area contributed by atoms with E-state index in [-0.39, 0.29) is 0 Å². The SMILES string of the molecule is c1ccc(-c2ccc(-c3nc(-c4cccc(-c5cccc(-c6cccc(-c7cccc(-c8nc(-c9ccc(-c%10ccccc%10)cc9)c9sc%10ccccc%10c9n8)c7)c6)c5)c4)nc4c3sc3ccccc34)cc2)cc1. The Labute approximate surface area is 436 Å². The summed E-state index contributed by atoms with van der Waals surface area (Å²) in [6, 6.07) is 90.5. The van der Waals surface area contributed by atoms with Crippen LogP contribution in [0.25, 0.3) is 142 Å². The first-order valence-corrected chi connectivity index (χ1v) is 26.4. The number of fused-ring (bicyclic) bond motifs is 6. The van der Waals surface area contributed by atoms with Crippen LogP contribution >= 0.6 is 22.7 Å². The monoisotopic (exact) mass is 978 g/mol. The number of thiophene rings is 2. The Kier molecular flexibility index (Phi) is 10.9. The molecular weight excluding hydrogens is 937 g/mol. The number of rotatable bonds is 9. The Bertz CT molecular complexity index is 4120. The molecule has 0 bridgehead atoms. The largest absolute Gasteiger partial charge is 0.226 e. The van der Waals surface area contributed by atoms with E-state index in [1.807, 2.05) is 0 Å². The standard InChI is InChI=1S/C68H42N4S2/c1-3-15-43(16-4-1)45-31-35-47(36-32-45)61-65-63(57-27-7-9-29-59(57)73-65)71-67(69-61)55-25-13-23-53(41-55)51-21-11-19-49(39-51)50-20-12-22-52(40-50)54-24-14-26-56(42-54)68-70-62(66-64(72-68)58-28-8-10-30-60(58)74-66)48-37-33-46(34-38-48)44-17-5-2-6-18-44/h1-42H. The molecule has 0 saturated carbocycles. The number of aromatic nitrogens is 4. The molecule has 0 atom stereocenters. The topological polar surface area (TPSA) is 51.6 Å². The van der Waals surface area contributed by atoms with Gasteiger partial charge in [-0.25, -0.2) is 19.9 Å². The highest BCUT2D eigenvalue weighted by atomic mass is 32.1. The van der Waals surface area contributed by atoms with Gasteiger partial charge in [-0.2, -0.15) is 0 Å². The molecule has 0 amide bonds. The van der Waals surface area contributed by atoms with Crippen LogP contribution in [0.4, 0.5) is 0 Å². The van der Waals surface area contributed by atoms with Crippen LogP contribution in [0.3, 0.4) is 0 Å². The molecule has 0 N–H and O–H groups in total. The fourth-order valence-corrected chi connectivity index (χ4v) is 12.5. The lowest BCUT2D eigenvalue weighted by Crippen LogP contribution is -1.94. The van der Waals surface area contributed by atoms with Crippen LogP contribution in [0.15, 0.2) is 255 Å². The molecule has 0 unspecified atom stereocenters. The Morgan fingerprint density at radius 3 is 0.878 bits per heavy atom. The molecule has 0 aliphatic rings. The van der Waals surface area contributed by atoms with E-state index in [4.69, 9.17) is 19.9 Å². The molecule has 4 heterocycles. The minimum absolute atomic E-state index is 0.707. The van der Waals surface area contributed by atoms with Crippen molar-refractivity contribution in [3.05, 3.63) is 255 Å². The van der Waals surface area contributed by atoms with Gasteiger partial charge in [0.25, 0.3) is 0 Å². The first-order chi connectivity index (χ1) is 36.6. The zero-order chi connectivity index (χ0) is 49.0. The number of hydrogen-bond acceptors (Lipinski definition) is 6.